The zero-order valence-corrected chi connectivity index (χ0v) is 11.3. The fourth-order valence-corrected chi connectivity index (χ4v) is 5.26. The highest BCUT2D eigenvalue weighted by Gasteiger charge is 2.64. The van der Waals surface area contributed by atoms with E-state index in [9.17, 15) is 18.0 Å². The van der Waals surface area contributed by atoms with Gasteiger partial charge in [0.1, 0.15) is 0 Å². The van der Waals surface area contributed by atoms with Crippen LogP contribution in [0.5, 0.6) is 0 Å². The Labute approximate surface area is 107 Å². The highest BCUT2D eigenvalue weighted by Crippen LogP contribution is 2.59. The van der Waals surface area contributed by atoms with Crippen molar-refractivity contribution in [2.75, 3.05) is 6.26 Å². The summed E-state index contributed by atoms with van der Waals surface area (Å²) in [4.78, 5) is 24.4. The maximum absolute atomic E-state index is 12.2. The average Bonchev–Trinajstić information content (AvgIpc) is 2.88. The highest BCUT2D eigenvalue weighted by atomic mass is 32.2. The number of hydrogen-bond donors (Lipinski definition) is 0. The third-order valence-electron chi connectivity index (χ3n) is 4.97. The van der Waals surface area contributed by atoms with Crippen molar-refractivity contribution >= 4 is 21.8 Å². The first kappa shape index (κ1) is 12.1. The molecular formula is C12H17NO4S. The van der Waals surface area contributed by atoms with E-state index in [1.54, 1.807) is 0 Å². The molecule has 2 saturated carbocycles. The van der Waals surface area contributed by atoms with E-state index < -0.39 is 21.8 Å². The smallest absolute Gasteiger partial charge is 0.247 e. The van der Waals surface area contributed by atoms with Crippen LogP contribution in [0.25, 0.3) is 0 Å². The number of amides is 2. The summed E-state index contributed by atoms with van der Waals surface area (Å²) in [6.45, 7) is 2.09. The molecule has 2 aliphatic carbocycles. The molecule has 0 radical (unpaired) electrons. The van der Waals surface area contributed by atoms with Crippen molar-refractivity contribution in [3.05, 3.63) is 0 Å². The van der Waals surface area contributed by atoms with Crippen LogP contribution in [0.2, 0.25) is 0 Å². The largest absolute Gasteiger partial charge is 0.273 e. The summed E-state index contributed by atoms with van der Waals surface area (Å²) in [7, 11) is -3.75. The predicted octanol–water partition coefficient (Wildman–Crippen LogP) is 0.613. The van der Waals surface area contributed by atoms with Crippen LogP contribution >= 0.6 is 0 Å². The molecule has 1 saturated heterocycles. The Morgan fingerprint density at radius 1 is 1.17 bits per heavy atom. The third-order valence-corrected chi connectivity index (χ3v) is 5.99. The van der Waals surface area contributed by atoms with Crippen LogP contribution in [0.1, 0.15) is 26.2 Å². The lowest BCUT2D eigenvalue weighted by Crippen LogP contribution is -2.37. The standard InChI is InChI=1S/C12H17NO4S/c1-3-6-4-7-5-8(6)10-9(7)11(14)13(12(10)15)18(2,16)17/h6-10H,3-5H2,1-2H3. The van der Waals surface area contributed by atoms with Crippen molar-refractivity contribution in [3.8, 4) is 0 Å². The lowest BCUT2D eigenvalue weighted by molar-refractivity contribution is -0.134. The van der Waals surface area contributed by atoms with Gasteiger partial charge in [-0.25, -0.2) is 8.42 Å². The van der Waals surface area contributed by atoms with Gasteiger partial charge < -0.3 is 0 Å². The van der Waals surface area contributed by atoms with Crippen LogP contribution in [-0.2, 0) is 19.6 Å². The van der Waals surface area contributed by atoms with Gasteiger partial charge in [0.05, 0.1) is 18.1 Å². The van der Waals surface area contributed by atoms with Crippen LogP contribution in [0.3, 0.4) is 0 Å². The van der Waals surface area contributed by atoms with E-state index in [2.05, 4.69) is 6.92 Å². The minimum Gasteiger partial charge on any atom is -0.273 e. The maximum Gasteiger partial charge on any atom is 0.247 e. The van der Waals surface area contributed by atoms with Crippen molar-refractivity contribution in [1.82, 2.24) is 4.31 Å². The van der Waals surface area contributed by atoms with Crippen molar-refractivity contribution in [1.29, 1.82) is 0 Å². The van der Waals surface area contributed by atoms with Crippen molar-refractivity contribution in [2.45, 2.75) is 26.2 Å². The molecular weight excluding hydrogens is 254 g/mol. The van der Waals surface area contributed by atoms with E-state index in [-0.39, 0.29) is 23.7 Å². The molecule has 5 nitrogen and oxygen atoms in total. The van der Waals surface area contributed by atoms with Gasteiger partial charge >= 0.3 is 0 Å². The van der Waals surface area contributed by atoms with Crippen LogP contribution < -0.4 is 0 Å². The molecule has 2 amide bonds. The number of imide groups is 1. The highest BCUT2D eigenvalue weighted by molar-refractivity contribution is 7.89. The summed E-state index contributed by atoms with van der Waals surface area (Å²) < 4.78 is 23.6. The number of hydrogen-bond acceptors (Lipinski definition) is 4. The zero-order chi connectivity index (χ0) is 13.2. The molecule has 3 fully saturated rings. The Morgan fingerprint density at radius 3 is 2.33 bits per heavy atom. The zero-order valence-electron chi connectivity index (χ0n) is 10.5. The lowest BCUT2D eigenvalue weighted by Gasteiger charge is -2.27. The summed E-state index contributed by atoms with van der Waals surface area (Å²) in [5.41, 5.74) is 0. The molecule has 2 bridgehead atoms. The SMILES string of the molecule is CCC1CC2CC1C1C(=O)N(S(C)(=O)=O)C(=O)C21. The average molecular weight is 271 g/mol. The number of nitrogens with zero attached hydrogens (tertiary/aromatic N) is 1. The molecule has 0 aromatic heterocycles. The summed E-state index contributed by atoms with van der Waals surface area (Å²) in [5.74, 6) is -0.766. The van der Waals surface area contributed by atoms with E-state index in [0.29, 0.717) is 10.2 Å². The van der Waals surface area contributed by atoms with Crippen LogP contribution in [0, 0.1) is 29.6 Å². The van der Waals surface area contributed by atoms with Crippen LogP contribution in [0.4, 0.5) is 0 Å². The Hall–Kier alpha value is -0.910. The molecule has 0 spiro atoms. The molecule has 5 atom stereocenters. The van der Waals surface area contributed by atoms with Crippen molar-refractivity contribution in [2.24, 2.45) is 29.6 Å². The van der Waals surface area contributed by atoms with Gasteiger partial charge in [-0.15, -0.1) is 0 Å². The number of carbonyl (C=O) groups is 2. The summed E-state index contributed by atoms with van der Waals surface area (Å²) >= 11 is 0. The van der Waals surface area contributed by atoms with Gasteiger partial charge in [0, 0.05) is 0 Å². The first-order valence-electron chi connectivity index (χ1n) is 6.44. The van der Waals surface area contributed by atoms with E-state index in [1.165, 1.54) is 0 Å². The van der Waals surface area contributed by atoms with Gasteiger partial charge in [-0.1, -0.05) is 13.3 Å². The molecule has 0 aromatic carbocycles. The summed E-state index contributed by atoms with van der Waals surface area (Å²) in [6, 6.07) is 0. The topological polar surface area (TPSA) is 71.5 Å². The predicted molar refractivity (Wildman–Crippen MR) is 63.7 cm³/mol. The molecule has 100 valence electrons. The summed E-state index contributed by atoms with van der Waals surface area (Å²) in [5, 5.41) is 0. The second kappa shape index (κ2) is 3.56. The Morgan fingerprint density at radius 2 is 1.78 bits per heavy atom. The van der Waals surface area contributed by atoms with Crippen LogP contribution in [-0.4, -0.2) is 30.8 Å². The van der Waals surface area contributed by atoms with Gasteiger partial charge in [-0.05, 0) is 30.6 Å². The Kier molecular flexibility index (Phi) is 2.40. The van der Waals surface area contributed by atoms with Gasteiger partial charge in [0.25, 0.3) is 0 Å². The molecule has 5 unspecified atom stereocenters. The van der Waals surface area contributed by atoms with Gasteiger partial charge in [-0.3, -0.25) is 9.59 Å². The Bertz CT molecular complexity index is 526. The molecule has 1 heterocycles. The molecule has 0 aromatic rings. The van der Waals surface area contributed by atoms with E-state index in [1.807, 2.05) is 0 Å². The van der Waals surface area contributed by atoms with Gasteiger partial charge in [0.15, 0.2) is 0 Å². The van der Waals surface area contributed by atoms with Gasteiger partial charge in [-0.2, -0.15) is 4.31 Å². The minimum absolute atomic E-state index is 0.216. The van der Waals surface area contributed by atoms with E-state index in [0.717, 1.165) is 25.5 Å². The van der Waals surface area contributed by atoms with Crippen molar-refractivity contribution in [3.63, 3.8) is 0 Å². The van der Waals surface area contributed by atoms with E-state index in [4.69, 9.17) is 0 Å². The lowest BCUT2D eigenvalue weighted by atomic mass is 9.74. The van der Waals surface area contributed by atoms with Crippen LogP contribution in [0.15, 0.2) is 0 Å². The minimum atomic E-state index is -3.75. The second-order valence-corrected chi connectivity index (χ2v) is 7.65. The first-order valence-corrected chi connectivity index (χ1v) is 8.29. The molecule has 18 heavy (non-hydrogen) atoms. The fourth-order valence-electron chi connectivity index (χ4n) is 4.36. The van der Waals surface area contributed by atoms with Gasteiger partial charge in [0.2, 0.25) is 21.8 Å². The molecule has 0 N–H and O–H groups in total. The number of rotatable bonds is 2. The van der Waals surface area contributed by atoms with E-state index >= 15 is 0 Å². The number of sulfonamides is 1. The summed E-state index contributed by atoms with van der Waals surface area (Å²) in [6.07, 6.45) is 3.83. The molecule has 6 heteroatoms. The maximum atomic E-state index is 12.2. The molecule has 1 aliphatic heterocycles. The third kappa shape index (κ3) is 1.35. The Balaban J connectivity index is 2.00. The molecule has 3 rings (SSSR count). The number of carbonyl (C=O) groups excluding carboxylic acids is 2. The second-order valence-electron chi connectivity index (χ2n) is 5.82. The quantitative estimate of drug-likeness (QED) is 0.690. The monoisotopic (exact) mass is 271 g/mol. The molecule has 3 aliphatic rings. The number of fused-ring (bicyclic) bond motifs is 5. The normalized spacial score (nSPS) is 42.8. The fraction of sp³-hybridized carbons (Fsp3) is 0.833. The first-order chi connectivity index (χ1) is 8.36. The van der Waals surface area contributed by atoms with Crippen molar-refractivity contribution < 1.29 is 18.0 Å².